The molecule has 2 aromatic carbocycles. The molecule has 1 aliphatic heterocycles. The summed E-state index contributed by atoms with van der Waals surface area (Å²) in [5.41, 5.74) is 0.319. The van der Waals surface area contributed by atoms with E-state index in [1.54, 1.807) is 35.2 Å². The van der Waals surface area contributed by atoms with Gasteiger partial charge in [-0.2, -0.15) is 0 Å². The molecular weight excluding hydrogens is 400 g/mol. The second-order valence-corrected chi connectivity index (χ2v) is 8.85. The summed E-state index contributed by atoms with van der Waals surface area (Å²) in [5.74, 6) is 0.218. The van der Waals surface area contributed by atoms with E-state index in [9.17, 15) is 13.2 Å². The zero-order chi connectivity index (χ0) is 20.1. The van der Waals surface area contributed by atoms with Gasteiger partial charge in [0.15, 0.2) is 0 Å². The zero-order valence-electron chi connectivity index (χ0n) is 15.7. The monoisotopic (exact) mass is 422 g/mol. The number of benzene rings is 2. The highest BCUT2D eigenvalue weighted by atomic mass is 35.5. The smallest absolute Gasteiger partial charge is 0.264 e. The van der Waals surface area contributed by atoms with Crippen molar-refractivity contribution in [3.05, 3.63) is 53.6 Å². The first-order valence-corrected chi connectivity index (χ1v) is 10.9. The highest BCUT2D eigenvalue weighted by molar-refractivity contribution is 7.92. The molecule has 1 aliphatic rings. The van der Waals surface area contributed by atoms with Crippen LogP contribution in [0.25, 0.3) is 0 Å². The number of ether oxygens (including phenoxy) is 1. The molecule has 0 N–H and O–H groups in total. The summed E-state index contributed by atoms with van der Waals surface area (Å²) in [6.45, 7) is 1.03. The third-order valence-electron chi connectivity index (χ3n) is 4.74. The van der Waals surface area contributed by atoms with Crippen LogP contribution in [-0.4, -0.2) is 46.0 Å². The van der Waals surface area contributed by atoms with Gasteiger partial charge in [-0.25, -0.2) is 8.42 Å². The number of anilines is 1. The Hall–Kier alpha value is -2.25. The molecule has 0 saturated carbocycles. The van der Waals surface area contributed by atoms with Crippen LogP contribution in [0.15, 0.2) is 53.4 Å². The number of hydrogen-bond acceptors (Lipinski definition) is 4. The van der Waals surface area contributed by atoms with Crippen LogP contribution < -0.4 is 9.04 Å². The van der Waals surface area contributed by atoms with E-state index in [1.165, 1.54) is 25.3 Å². The summed E-state index contributed by atoms with van der Waals surface area (Å²) < 4.78 is 32.9. The molecule has 6 nitrogen and oxygen atoms in total. The maximum absolute atomic E-state index is 13.3. The molecule has 0 spiro atoms. The summed E-state index contributed by atoms with van der Waals surface area (Å²) in [6.07, 6.45) is 2.96. The first-order valence-electron chi connectivity index (χ1n) is 9.12. The minimum Gasteiger partial charge on any atom is -0.495 e. The maximum Gasteiger partial charge on any atom is 0.264 e. The van der Waals surface area contributed by atoms with Gasteiger partial charge in [0.25, 0.3) is 10.0 Å². The van der Waals surface area contributed by atoms with Crippen molar-refractivity contribution >= 4 is 33.2 Å². The molecule has 0 unspecified atom stereocenters. The SMILES string of the molecule is COc1ccc(N(CC(=O)N2CCCCC2)S(=O)(=O)c2ccccc2)cc1Cl. The summed E-state index contributed by atoms with van der Waals surface area (Å²) in [5, 5.41) is 0.277. The number of sulfonamides is 1. The third-order valence-corrected chi connectivity index (χ3v) is 6.83. The quantitative estimate of drug-likeness (QED) is 0.713. The summed E-state index contributed by atoms with van der Waals surface area (Å²) in [6, 6.07) is 12.8. The Morgan fingerprint density at radius 3 is 2.39 bits per heavy atom. The highest BCUT2D eigenvalue weighted by Crippen LogP contribution is 2.32. The Bertz CT molecular complexity index is 928. The van der Waals surface area contributed by atoms with E-state index in [0.29, 0.717) is 24.5 Å². The average molecular weight is 423 g/mol. The lowest BCUT2D eigenvalue weighted by molar-refractivity contribution is -0.130. The van der Waals surface area contributed by atoms with E-state index in [2.05, 4.69) is 0 Å². The second-order valence-electron chi connectivity index (χ2n) is 6.59. The van der Waals surface area contributed by atoms with Crippen molar-refractivity contribution in [1.29, 1.82) is 0 Å². The number of halogens is 1. The Labute approximate surface area is 170 Å². The fourth-order valence-electron chi connectivity index (χ4n) is 3.21. The lowest BCUT2D eigenvalue weighted by Crippen LogP contribution is -2.44. The van der Waals surface area contributed by atoms with Crippen molar-refractivity contribution in [3.8, 4) is 5.75 Å². The number of likely N-dealkylation sites (tertiary alicyclic amines) is 1. The van der Waals surface area contributed by atoms with Crippen LogP contribution in [0.2, 0.25) is 5.02 Å². The van der Waals surface area contributed by atoms with Crippen LogP contribution in [0.3, 0.4) is 0 Å². The molecule has 28 heavy (non-hydrogen) atoms. The van der Waals surface area contributed by atoms with Crippen LogP contribution in [0.4, 0.5) is 5.69 Å². The average Bonchev–Trinajstić information content (AvgIpc) is 2.73. The molecule has 0 aliphatic carbocycles. The number of piperidine rings is 1. The van der Waals surface area contributed by atoms with Gasteiger partial charge in [-0.05, 0) is 49.6 Å². The van der Waals surface area contributed by atoms with E-state index in [-0.39, 0.29) is 22.4 Å². The third kappa shape index (κ3) is 4.42. The second kappa shape index (κ2) is 8.84. The molecule has 0 atom stereocenters. The Kier molecular flexibility index (Phi) is 6.46. The van der Waals surface area contributed by atoms with Crippen molar-refractivity contribution in [2.45, 2.75) is 24.2 Å². The molecule has 1 heterocycles. The maximum atomic E-state index is 13.3. The Morgan fingerprint density at radius 1 is 1.11 bits per heavy atom. The van der Waals surface area contributed by atoms with Gasteiger partial charge in [0.1, 0.15) is 12.3 Å². The molecule has 0 bridgehead atoms. The summed E-state index contributed by atoms with van der Waals surface area (Å²) >= 11 is 6.21. The molecule has 0 aromatic heterocycles. The van der Waals surface area contributed by atoms with Gasteiger partial charge in [0.2, 0.25) is 5.91 Å². The predicted octanol–water partition coefficient (Wildman–Crippen LogP) is 3.56. The van der Waals surface area contributed by atoms with Gasteiger partial charge in [-0.1, -0.05) is 29.8 Å². The first kappa shape index (κ1) is 20.5. The van der Waals surface area contributed by atoms with Crippen molar-refractivity contribution in [2.75, 3.05) is 31.0 Å². The van der Waals surface area contributed by atoms with Crippen molar-refractivity contribution < 1.29 is 17.9 Å². The molecule has 3 rings (SSSR count). The fourth-order valence-corrected chi connectivity index (χ4v) is 4.89. The lowest BCUT2D eigenvalue weighted by Gasteiger charge is -2.30. The zero-order valence-corrected chi connectivity index (χ0v) is 17.2. The van der Waals surface area contributed by atoms with E-state index in [0.717, 1.165) is 23.6 Å². The predicted molar refractivity (Wildman–Crippen MR) is 109 cm³/mol. The van der Waals surface area contributed by atoms with Crippen molar-refractivity contribution in [3.63, 3.8) is 0 Å². The molecular formula is C20H23ClN2O4S. The van der Waals surface area contributed by atoms with Crippen LogP contribution in [-0.2, 0) is 14.8 Å². The molecule has 150 valence electrons. The first-order chi connectivity index (χ1) is 13.4. The Balaban J connectivity index is 1.98. The largest absolute Gasteiger partial charge is 0.495 e. The lowest BCUT2D eigenvalue weighted by atomic mass is 10.1. The van der Waals surface area contributed by atoms with E-state index >= 15 is 0 Å². The van der Waals surface area contributed by atoms with Crippen molar-refractivity contribution in [2.24, 2.45) is 0 Å². The number of amides is 1. The minimum atomic E-state index is -3.94. The summed E-state index contributed by atoms with van der Waals surface area (Å²) in [7, 11) is -2.45. The summed E-state index contributed by atoms with van der Waals surface area (Å²) in [4.78, 5) is 14.7. The molecule has 1 amide bonds. The van der Waals surface area contributed by atoms with Gasteiger partial charge in [-0.15, -0.1) is 0 Å². The highest BCUT2D eigenvalue weighted by Gasteiger charge is 2.29. The molecule has 1 fully saturated rings. The van der Waals surface area contributed by atoms with Gasteiger partial charge in [0, 0.05) is 13.1 Å². The van der Waals surface area contributed by atoms with Crippen LogP contribution in [0.5, 0.6) is 5.75 Å². The standard InChI is InChI=1S/C20H23ClN2O4S/c1-27-19-11-10-16(14-18(19)21)23(15-20(24)22-12-6-3-7-13-22)28(25,26)17-8-4-2-5-9-17/h2,4-5,8-11,14H,3,6-7,12-13,15H2,1H3. The molecule has 2 aromatic rings. The Morgan fingerprint density at radius 2 is 1.79 bits per heavy atom. The van der Waals surface area contributed by atoms with Gasteiger partial charge in [-0.3, -0.25) is 9.10 Å². The van der Waals surface area contributed by atoms with Crippen LogP contribution in [0, 0.1) is 0 Å². The minimum absolute atomic E-state index is 0.119. The molecule has 1 saturated heterocycles. The molecule has 8 heteroatoms. The van der Waals surface area contributed by atoms with Crippen molar-refractivity contribution in [1.82, 2.24) is 4.90 Å². The van der Waals surface area contributed by atoms with E-state index in [1.807, 2.05) is 0 Å². The normalized spacial score (nSPS) is 14.6. The van der Waals surface area contributed by atoms with E-state index in [4.69, 9.17) is 16.3 Å². The van der Waals surface area contributed by atoms with Crippen LogP contribution >= 0.6 is 11.6 Å². The molecule has 0 radical (unpaired) electrons. The van der Waals surface area contributed by atoms with Crippen LogP contribution in [0.1, 0.15) is 19.3 Å². The number of rotatable bonds is 6. The van der Waals surface area contributed by atoms with Gasteiger partial charge in [0.05, 0.1) is 22.7 Å². The topological polar surface area (TPSA) is 66.9 Å². The van der Waals surface area contributed by atoms with Gasteiger partial charge >= 0.3 is 0 Å². The fraction of sp³-hybridized carbons (Fsp3) is 0.350. The number of carbonyl (C=O) groups is 1. The van der Waals surface area contributed by atoms with Gasteiger partial charge < -0.3 is 9.64 Å². The number of nitrogens with zero attached hydrogens (tertiary/aromatic N) is 2. The number of carbonyl (C=O) groups excluding carboxylic acids is 1. The van der Waals surface area contributed by atoms with E-state index < -0.39 is 10.0 Å². The number of hydrogen-bond donors (Lipinski definition) is 0. The number of methoxy groups -OCH3 is 1.